The van der Waals surface area contributed by atoms with Gasteiger partial charge >= 0.3 is 12.2 Å². The Balaban J connectivity index is 1.81. The second-order valence-electron chi connectivity index (χ2n) is 11.0. The van der Waals surface area contributed by atoms with E-state index >= 15 is 0 Å². The molecule has 3 atom stereocenters. The number of nitrogens with one attached hydrogen (secondary N) is 2. The van der Waals surface area contributed by atoms with Gasteiger partial charge in [0.15, 0.2) is 0 Å². The second-order valence-corrected chi connectivity index (χ2v) is 11.0. The largest absolute Gasteiger partial charge is 0.488 e. The molecule has 9 nitrogen and oxygen atoms in total. The first-order valence-corrected chi connectivity index (χ1v) is 13.9. The molecule has 3 rings (SSSR count). The highest BCUT2D eigenvalue weighted by Crippen LogP contribution is 2.30. The van der Waals surface area contributed by atoms with Gasteiger partial charge in [0.05, 0.1) is 32.0 Å². The SMILES string of the molecule is C[C@@H]1CN([C@@H](C)CO)C(=O)Cc2cc(NC(=O)CCC(F)(F)F)ccc2O[C@H]1CN(C)C(=O)NC1CCCCC1. The number of fused-ring (bicyclic) bond motifs is 1. The molecule has 40 heavy (non-hydrogen) atoms. The number of benzene rings is 1. The quantitative estimate of drug-likeness (QED) is 0.436. The van der Waals surface area contributed by atoms with E-state index in [1.54, 1.807) is 29.8 Å². The Bertz CT molecular complexity index is 1030. The molecule has 12 heteroatoms. The molecule has 1 fully saturated rings. The van der Waals surface area contributed by atoms with E-state index in [-0.39, 0.29) is 49.2 Å². The van der Waals surface area contributed by atoms with E-state index in [2.05, 4.69) is 10.6 Å². The molecule has 0 radical (unpaired) electrons. The summed E-state index contributed by atoms with van der Waals surface area (Å²) in [6.07, 6.45) is -1.74. The van der Waals surface area contributed by atoms with Crippen LogP contribution in [0.15, 0.2) is 18.2 Å². The summed E-state index contributed by atoms with van der Waals surface area (Å²) >= 11 is 0. The van der Waals surface area contributed by atoms with Crippen LogP contribution in [0.4, 0.5) is 23.7 Å². The molecule has 1 aliphatic heterocycles. The fraction of sp³-hybridized carbons (Fsp3) is 0.679. The highest BCUT2D eigenvalue weighted by atomic mass is 19.4. The number of alkyl halides is 3. The lowest BCUT2D eigenvalue weighted by Crippen LogP contribution is -2.50. The fourth-order valence-corrected chi connectivity index (χ4v) is 5.09. The number of urea groups is 1. The van der Waals surface area contributed by atoms with E-state index in [4.69, 9.17) is 4.74 Å². The van der Waals surface area contributed by atoms with Crippen molar-refractivity contribution in [3.8, 4) is 5.75 Å². The van der Waals surface area contributed by atoms with Crippen molar-refractivity contribution in [2.75, 3.05) is 32.1 Å². The van der Waals surface area contributed by atoms with Crippen molar-refractivity contribution in [3.05, 3.63) is 23.8 Å². The van der Waals surface area contributed by atoms with Crippen LogP contribution < -0.4 is 15.4 Å². The van der Waals surface area contributed by atoms with E-state index in [0.29, 0.717) is 17.9 Å². The molecular weight excluding hydrogens is 529 g/mol. The monoisotopic (exact) mass is 570 g/mol. The van der Waals surface area contributed by atoms with Crippen molar-refractivity contribution in [3.63, 3.8) is 0 Å². The maximum absolute atomic E-state index is 13.3. The van der Waals surface area contributed by atoms with Crippen LogP contribution in [-0.4, -0.2) is 83.9 Å². The zero-order valence-electron chi connectivity index (χ0n) is 23.4. The summed E-state index contributed by atoms with van der Waals surface area (Å²) < 4.78 is 43.9. The first-order chi connectivity index (χ1) is 18.9. The Labute approximate surface area is 233 Å². The summed E-state index contributed by atoms with van der Waals surface area (Å²) in [5.74, 6) is -0.878. The summed E-state index contributed by atoms with van der Waals surface area (Å²) in [4.78, 5) is 41.5. The zero-order valence-corrected chi connectivity index (χ0v) is 23.4. The molecule has 3 N–H and O–H groups in total. The van der Waals surface area contributed by atoms with Crippen molar-refractivity contribution >= 4 is 23.5 Å². The third kappa shape index (κ3) is 9.28. The van der Waals surface area contributed by atoms with Gasteiger partial charge in [-0.15, -0.1) is 0 Å². The van der Waals surface area contributed by atoms with Gasteiger partial charge in [-0.2, -0.15) is 13.2 Å². The number of hydrogen-bond donors (Lipinski definition) is 3. The average Bonchev–Trinajstić information content (AvgIpc) is 2.94. The molecule has 0 aromatic heterocycles. The van der Waals surface area contributed by atoms with Gasteiger partial charge in [0.1, 0.15) is 11.9 Å². The number of halogens is 3. The molecule has 0 spiro atoms. The van der Waals surface area contributed by atoms with Gasteiger partial charge in [-0.3, -0.25) is 9.59 Å². The van der Waals surface area contributed by atoms with Crippen LogP contribution >= 0.6 is 0 Å². The van der Waals surface area contributed by atoms with E-state index in [9.17, 15) is 32.7 Å². The molecule has 4 amide bonds. The minimum absolute atomic E-state index is 0.0939. The summed E-state index contributed by atoms with van der Waals surface area (Å²) in [6.45, 7) is 3.95. The number of hydrogen-bond acceptors (Lipinski definition) is 5. The topological polar surface area (TPSA) is 111 Å². The molecule has 224 valence electrons. The first-order valence-electron chi connectivity index (χ1n) is 13.9. The molecule has 1 aromatic carbocycles. The third-order valence-corrected chi connectivity index (χ3v) is 7.57. The van der Waals surface area contributed by atoms with Crippen molar-refractivity contribution < 1.29 is 37.4 Å². The molecule has 1 heterocycles. The number of anilines is 1. The summed E-state index contributed by atoms with van der Waals surface area (Å²) in [7, 11) is 1.70. The van der Waals surface area contributed by atoms with Crippen molar-refractivity contribution in [1.82, 2.24) is 15.1 Å². The third-order valence-electron chi connectivity index (χ3n) is 7.57. The molecular formula is C28H41F3N4O5. The van der Waals surface area contributed by atoms with Crippen LogP contribution in [0.5, 0.6) is 5.75 Å². The standard InChI is InChI=1S/C28H41F3N4O5/c1-18-15-35(19(2)17-36)26(38)14-20-13-22(32-25(37)11-12-28(29,30)31)9-10-23(20)40-24(18)16-34(3)27(39)33-21-7-5-4-6-8-21/h9-10,13,18-19,21,24,36H,4-8,11-12,14-17H2,1-3H3,(H,32,37)(H,33,39)/t18-,19+,24+/m1/s1. The number of carbonyl (C=O) groups excluding carboxylic acids is 3. The van der Waals surface area contributed by atoms with Gasteiger partial charge < -0.3 is 30.3 Å². The molecule has 1 saturated carbocycles. The predicted molar refractivity (Wildman–Crippen MR) is 144 cm³/mol. The zero-order chi connectivity index (χ0) is 29.4. The Morgan fingerprint density at radius 1 is 1.23 bits per heavy atom. The minimum atomic E-state index is -4.44. The van der Waals surface area contributed by atoms with Gasteiger partial charge in [0.2, 0.25) is 11.8 Å². The highest BCUT2D eigenvalue weighted by molar-refractivity contribution is 5.91. The summed E-state index contributed by atoms with van der Waals surface area (Å²) in [5, 5.41) is 15.4. The fourth-order valence-electron chi connectivity index (χ4n) is 5.09. The first kappa shape index (κ1) is 31.5. The summed E-state index contributed by atoms with van der Waals surface area (Å²) in [6, 6.07) is 4.10. The number of ether oxygens (including phenoxy) is 1. The van der Waals surface area contributed by atoms with E-state index in [1.807, 2.05) is 6.92 Å². The number of nitrogens with zero attached hydrogens (tertiary/aromatic N) is 2. The van der Waals surface area contributed by atoms with Crippen molar-refractivity contribution in [1.29, 1.82) is 0 Å². The van der Waals surface area contributed by atoms with Crippen molar-refractivity contribution in [2.45, 2.75) is 89.6 Å². The average molecular weight is 571 g/mol. The molecule has 1 aromatic rings. The van der Waals surface area contributed by atoms with Crippen LogP contribution in [0.3, 0.4) is 0 Å². The van der Waals surface area contributed by atoms with Gasteiger partial charge in [0.25, 0.3) is 0 Å². The van der Waals surface area contributed by atoms with E-state index in [1.165, 1.54) is 18.6 Å². The maximum Gasteiger partial charge on any atom is 0.389 e. The minimum Gasteiger partial charge on any atom is -0.488 e. The Morgan fingerprint density at radius 3 is 2.58 bits per heavy atom. The molecule has 2 aliphatic rings. The van der Waals surface area contributed by atoms with Crippen LogP contribution in [0.2, 0.25) is 0 Å². The lowest BCUT2D eigenvalue weighted by atomic mass is 9.96. The van der Waals surface area contributed by atoms with Gasteiger partial charge in [-0.05, 0) is 38.0 Å². The lowest BCUT2D eigenvalue weighted by molar-refractivity contribution is -0.142. The van der Waals surface area contributed by atoms with Gasteiger partial charge in [-0.1, -0.05) is 26.2 Å². The highest BCUT2D eigenvalue weighted by Gasteiger charge is 2.32. The van der Waals surface area contributed by atoms with Crippen molar-refractivity contribution in [2.24, 2.45) is 5.92 Å². The Morgan fingerprint density at radius 2 is 1.93 bits per heavy atom. The lowest BCUT2D eigenvalue weighted by Gasteiger charge is -2.34. The normalized spacial score (nSPS) is 21.3. The number of amides is 4. The molecule has 1 aliphatic carbocycles. The van der Waals surface area contributed by atoms with Gasteiger partial charge in [-0.25, -0.2) is 4.79 Å². The number of aliphatic hydroxyl groups is 1. The number of likely N-dealkylation sites (N-methyl/N-ethyl adjacent to an activating group) is 1. The predicted octanol–water partition coefficient (Wildman–Crippen LogP) is 4.09. The smallest absolute Gasteiger partial charge is 0.389 e. The van der Waals surface area contributed by atoms with E-state index in [0.717, 1.165) is 25.7 Å². The van der Waals surface area contributed by atoms with Crippen LogP contribution in [0.25, 0.3) is 0 Å². The van der Waals surface area contributed by atoms with E-state index < -0.39 is 37.1 Å². The number of aliphatic hydroxyl groups excluding tert-OH is 1. The van der Waals surface area contributed by atoms with Gasteiger partial charge in [0, 0.05) is 43.2 Å². The maximum atomic E-state index is 13.3. The van der Waals surface area contributed by atoms with Crippen LogP contribution in [-0.2, 0) is 16.0 Å². The number of rotatable bonds is 8. The molecule has 0 bridgehead atoms. The van der Waals surface area contributed by atoms with Crippen LogP contribution in [0, 0.1) is 5.92 Å². The Hall–Kier alpha value is -3.02. The summed E-state index contributed by atoms with van der Waals surface area (Å²) in [5.41, 5.74) is 0.694. The second kappa shape index (κ2) is 14.0. The molecule has 0 unspecified atom stereocenters. The van der Waals surface area contributed by atoms with Crippen LogP contribution in [0.1, 0.15) is 64.4 Å². The Kier molecular flexibility index (Phi) is 11.1. The molecule has 0 saturated heterocycles. The number of carbonyl (C=O) groups is 3.